The Bertz CT molecular complexity index is 1140. The fraction of sp³-hybridized carbons (Fsp3) is 0.360. The molecule has 2 aliphatic rings. The summed E-state index contributed by atoms with van der Waals surface area (Å²) in [5, 5.41) is 7.11. The number of hydrogen-bond donors (Lipinski definition) is 1. The SMILES string of the molecule is O=C(c1cc(-c2ccncc2)n[nH]1)N1CCC[C@@H](C(=O)N2CCN(c3ccc(F)cc3)CC2)C1. The third kappa shape index (κ3) is 4.64. The molecule has 0 saturated carbocycles. The molecule has 0 unspecified atom stereocenters. The molecule has 5 rings (SSSR count). The summed E-state index contributed by atoms with van der Waals surface area (Å²) < 4.78 is 13.2. The lowest BCUT2D eigenvalue weighted by Crippen LogP contribution is -2.53. The van der Waals surface area contributed by atoms with E-state index in [9.17, 15) is 14.0 Å². The van der Waals surface area contributed by atoms with E-state index in [2.05, 4.69) is 20.1 Å². The van der Waals surface area contributed by atoms with Gasteiger partial charge in [-0.3, -0.25) is 19.7 Å². The number of piperazine rings is 1. The van der Waals surface area contributed by atoms with Gasteiger partial charge in [-0.15, -0.1) is 0 Å². The first-order valence-electron chi connectivity index (χ1n) is 11.6. The molecule has 2 saturated heterocycles. The van der Waals surface area contributed by atoms with Crippen molar-refractivity contribution in [3.05, 3.63) is 66.4 Å². The van der Waals surface area contributed by atoms with Gasteiger partial charge in [0.25, 0.3) is 5.91 Å². The monoisotopic (exact) mass is 462 g/mol. The molecule has 34 heavy (non-hydrogen) atoms. The Hall–Kier alpha value is -3.75. The maximum absolute atomic E-state index is 13.2. The molecule has 2 fully saturated rings. The summed E-state index contributed by atoms with van der Waals surface area (Å²) in [5.74, 6) is -0.472. The number of anilines is 1. The summed E-state index contributed by atoms with van der Waals surface area (Å²) in [6, 6.07) is 11.9. The minimum Gasteiger partial charge on any atom is -0.368 e. The zero-order valence-corrected chi connectivity index (χ0v) is 18.9. The van der Waals surface area contributed by atoms with Crippen molar-refractivity contribution in [2.24, 2.45) is 5.92 Å². The maximum atomic E-state index is 13.2. The summed E-state index contributed by atoms with van der Waals surface area (Å²) in [4.78, 5) is 36.2. The molecule has 1 N–H and O–H groups in total. The van der Waals surface area contributed by atoms with Crippen molar-refractivity contribution in [2.75, 3.05) is 44.2 Å². The highest BCUT2D eigenvalue weighted by Gasteiger charge is 2.33. The zero-order valence-electron chi connectivity index (χ0n) is 18.9. The number of carbonyl (C=O) groups excluding carboxylic acids is 2. The first kappa shape index (κ1) is 22.1. The molecule has 176 valence electrons. The molecule has 8 nitrogen and oxygen atoms in total. The lowest BCUT2D eigenvalue weighted by Gasteiger charge is -2.39. The first-order chi connectivity index (χ1) is 16.6. The second-order valence-electron chi connectivity index (χ2n) is 8.78. The number of hydrogen-bond acceptors (Lipinski definition) is 5. The van der Waals surface area contributed by atoms with Crippen molar-refractivity contribution >= 4 is 17.5 Å². The van der Waals surface area contributed by atoms with Gasteiger partial charge in [0.15, 0.2) is 0 Å². The van der Waals surface area contributed by atoms with E-state index in [1.54, 1.807) is 35.5 Å². The van der Waals surface area contributed by atoms with Gasteiger partial charge in [0.2, 0.25) is 5.91 Å². The minimum absolute atomic E-state index is 0.110. The van der Waals surface area contributed by atoms with Gasteiger partial charge in [0, 0.05) is 62.9 Å². The van der Waals surface area contributed by atoms with Crippen LogP contribution in [0.3, 0.4) is 0 Å². The molecule has 0 radical (unpaired) electrons. The number of aromatic nitrogens is 3. The van der Waals surface area contributed by atoms with Gasteiger partial charge < -0.3 is 14.7 Å². The Balaban J connectivity index is 1.18. The van der Waals surface area contributed by atoms with Crippen LogP contribution in [0.15, 0.2) is 54.9 Å². The Morgan fingerprint density at radius 2 is 1.68 bits per heavy atom. The van der Waals surface area contributed by atoms with E-state index in [1.165, 1.54) is 12.1 Å². The van der Waals surface area contributed by atoms with Crippen LogP contribution in [-0.4, -0.2) is 76.1 Å². The van der Waals surface area contributed by atoms with E-state index in [1.807, 2.05) is 17.0 Å². The number of aromatic amines is 1. The molecular formula is C25H27FN6O2. The Morgan fingerprint density at radius 3 is 2.41 bits per heavy atom. The van der Waals surface area contributed by atoms with E-state index in [-0.39, 0.29) is 23.5 Å². The summed E-state index contributed by atoms with van der Waals surface area (Å²) in [6.07, 6.45) is 4.95. The highest BCUT2D eigenvalue weighted by atomic mass is 19.1. The van der Waals surface area contributed by atoms with E-state index < -0.39 is 0 Å². The van der Waals surface area contributed by atoms with Crippen LogP contribution in [-0.2, 0) is 4.79 Å². The van der Waals surface area contributed by atoms with Crippen LogP contribution < -0.4 is 4.90 Å². The van der Waals surface area contributed by atoms with Crippen LogP contribution in [0, 0.1) is 11.7 Å². The third-order valence-corrected chi connectivity index (χ3v) is 6.63. The fourth-order valence-electron chi connectivity index (χ4n) is 4.73. The molecular weight excluding hydrogens is 435 g/mol. The third-order valence-electron chi connectivity index (χ3n) is 6.63. The number of nitrogens with zero attached hydrogens (tertiary/aromatic N) is 5. The number of rotatable bonds is 4. The van der Waals surface area contributed by atoms with Gasteiger partial charge in [-0.1, -0.05) is 0 Å². The van der Waals surface area contributed by atoms with Gasteiger partial charge in [-0.05, 0) is 55.3 Å². The second-order valence-corrected chi connectivity index (χ2v) is 8.78. The number of pyridine rings is 1. The molecule has 9 heteroatoms. The fourth-order valence-corrected chi connectivity index (χ4v) is 4.73. The van der Waals surface area contributed by atoms with Crippen molar-refractivity contribution in [2.45, 2.75) is 12.8 Å². The van der Waals surface area contributed by atoms with E-state index in [0.29, 0.717) is 50.7 Å². The molecule has 1 aromatic carbocycles. The normalized spacial score (nSPS) is 18.7. The molecule has 2 aliphatic heterocycles. The molecule has 0 spiro atoms. The lowest BCUT2D eigenvalue weighted by atomic mass is 9.96. The Morgan fingerprint density at radius 1 is 0.941 bits per heavy atom. The number of H-pyrrole nitrogens is 1. The van der Waals surface area contributed by atoms with Gasteiger partial charge >= 0.3 is 0 Å². The minimum atomic E-state index is -0.252. The summed E-state index contributed by atoms with van der Waals surface area (Å²) in [6.45, 7) is 3.70. The average molecular weight is 463 g/mol. The highest BCUT2D eigenvalue weighted by Crippen LogP contribution is 2.24. The molecule has 1 atom stereocenters. The van der Waals surface area contributed by atoms with Crippen molar-refractivity contribution in [3.8, 4) is 11.3 Å². The molecule has 3 aromatic rings. The van der Waals surface area contributed by atoms with E-state index >= 15 is 0 Å². The highest BCUT2D eigenvalue weighted by molar-refractivity contribution is 5.94. The van der Waals surface area contributed by atoms with Crippen LogP contribution in [0.2, 0.25) is 0 Å². The number of benzene rings is 1. The van der Waals surface area contributed by atoms with Crippen LogP contribution in [0.4, 0.5) is 10.1 Å². The second kappa shape index (κ2) is 9.62. The van der Waals surface area contributed by atoms with E-state index in [4.69, 9.17) is 0 Å². The van der Waals surface area contributed by atoms with Gasteiger partial charge in [0.05, 0.1) is 11.6 Å². The molecule has 2 aromatic heterocycles. The van der Waals surface area contributed by atoms with Crippen LogP contribution in [0.25, 0.3) is 11.3 Å². The first-order valence-corrected chi connectivity index (χ1v) is 11.6. The molecule has 4 heterocycles. The number of likely N-dealkylation sites (tertiary alicyclic amines) is 1. The van der Waals surface area contributed by atoms with Crippen LogP contribution >= 0.6 is 0 Å². The lowest BCUT2D eigenvalue weighted by molar-refractivity contribution is -0.137. The number of halogens is 1. The van der Waals surface area contributed by atoms with E-state index in [0.717, 1.165) is 24.1 Å². The van der Waals surface area contributed by atoms with Gasteiger partial charge in [-0.2, -0.15) is 5.10 Å². The van der Waals surface area contributed by atoms with Crippen molar-refractivity contribution in [1.82, 2.24) is 25.0 Å². The number of nitrogens with one attached hydrogen (secondary N) is 1. The summed E-state index contributed by atoms with van der Waals surface area (Å²) in [5.41, 5.74) is 2.97. The Labute approximate surface area is 197 Å². The smallest absolute Gasteiger partial charge is 0.271 e. The quantitative estimate of drug-likeness (QED) is 0.645. The van der Waals surface area contributed by atoms with Gasteiger partial charge in [0.1, 0.15) is 11.5 Å². The van der Waals surface area contributed by atoms with Crippen LogP contribution in [0.1, 0.15) is 23.3 Å². The standard InChI is InChI=1S/C25H27FN6O2/c26-20-3-5-21(6-4-20)30-12-14-31(15-13-30)24(33)19-2-1-11-32(17-19)25(34)23-16-22(28-29-23)18-7-9-27-10-8-18/h3-10,16,19H,1-2,11-15,17H2,(H,28,29)/t19-/m1/s1. The predicted octanol–water partition coefficient (Wildman–Crippen LogP) is 2.81. The average Bonchev–Trinajstić information content (AvgIpc) is 3.39. The topological polar surface area (TPSA) is 85.4 Å². The molecule has 0 aliphatic carbocycles. The van der Waals surface area contributed by atoms with Gasteiger partial charge in [-0.25, -0.2) is 4.39 Å². The summed E-state index contributed by atoms with van der Waals surface area (Å²) in [7, 11) is 0. The Kier molecular flexibility index (Phi) is 6.24. The van der Waals surface area contributed by atoms with Crippen molar-refractivity contribution in [1.29, 1.82) is 0 Å². The number of carbonyl (C=O) groups is 2. The van der Waals surface area contributed by atoms with Crippen molar-refractivity contribution < 1.29 is 14.0 Å². The predicted molar refractivity (Wildman–Crippen MR) is 126 cm³/mol. The van der Waals surface area contributed by atoms with Crippen LogP contribution in [0.5, 0.6) is 0 Å². The largest absolute Gasteiger partial charge is 0.368 e. The molecule has 0 bridgehead atoms. The molecule has 2 amide bonds. The summed E-state index contributed by atoms with van der Waals surface area (Å²) >= 11 is 0. The zero-order chi connectivity index (χ0) is 23.5. The number of piperidine rings is 1. The maximum Gasteiger partial charge on any atom is 0.271 e. The van der Waals surface area contributed by atoms with Crippen molar-refractivity contribution in [3.63, 3.8) is 0 Å². The number of amides is 2.